The van der Waals surface area contributed by atoms with E-state index in [-0.39, 0.29) is 5.91 Å². The largest absolute Gasteiger partial charge is 0.490 e. The van der Waals surface area contributed by atoms with Crippen molar-refractivity contribution < 1.29 is 32.3 Å². The van der Waals surface area contributed by atoms with Gasteiger partial charge < -0.3 is 14.4 Å². The number of alkyl halides is 3. The first-order chi connectivity index (χ1) is 15.1. The Labute approximate surface area is 188 Å². The summed E-state index contributed by atoms with van der Waals surface area (Å²) >= 11 is 1.55. The maximum Gasteiger partial charge on any atom is 0.490 e. The zero-order valence-corrected chi connectivity index (χ0v) is 18.7. The van der Waals surface area contributed by atoms with E-state index in [9.17, 15) is 18.0 Å². The van der Waals surface area contributed by atoms with Crippen molar-refractivity contribution in [2.24, 2.45) is 5.41 Å². The molecule has 1 amide bonds. The van der Waals surface area contributed by atoms with Gasteiger partial charge in [-0.3, -0.25) is 9.69 Å². The molecule has 0 aliphatic carbocycles. The minimum atomic E-state index is -5.08. The summed E-state index contributed by atoms with van der Waals surface area (Å²) in [7, 11) is 0. The summed E-state index contributed by atoms with van der Waals surface area (Å²) in [6.07, 6.45) is -0.295. The predicted molar refractivity (Wildman–Crippen MR) is 114 cm³/mol. The van der Waals surface area contributed by atoms with Gasteiger partial charge in [0.15, 0.2) is 0 Å². The summed E-state index contributed by atoms with van der Waals surface area (Å²) in [5.41, 5.74) is 0.446. The fourth-order valence-electron chi connectivity index (χ4n) is 4.22. The number of thiophene rings is 1. The SMILES string of the molecule is Cc1ccc(CN2CCC3(CC2)CCN(C(=O)c2cccs2)CC3)o1.O=C(O)C(F)(F)F. The zero-order valence-electron chi connectivity index (χ0n) is 17.9. The zero-order chi connectivity index (χ0) is 23.4. The van der Waals surface area contributed by atoms with Gasteiger partial charge in [-0.1, -0.05) is 6.07 Å². The molecule has 0 unspecified atom stereocenters. The number of aliphatic carboxylic acids is 1. The Balaban J connectivity index is 0.000000360. The van der Waals surface area contributed by atoms with Crippen LogP contribution in [0.5, 0.6) is 0 Å². The van der Waals surface area contributed by atoms with Crippen molar-refractivity contribution in [3.05, 3.63) is 46.0 Å². The summed E-state index contributed by atoms with van der Waals surface area (Å²) in [5, 5.41) is 9.11. The van der Waals surface area contributed by atoms with E-state index in [1.165, 1.54) is 12.8 Å². The Hall–Kier alpha value is -2.33. The lowest BCUT2D eigenvalue weighted by molar-refractivity contribution is -0.192. The number of carboxylic acids is 1. The van der Waals surface area contributed by atoms with Crippen LogP contribution in [0.4, 0.5) is 13.2 Å². The van der Waals surface area contributed by atoms with Crippen molar-refractivity contribution in [3.8, 4) is 0 Å². The number of hydrogen-bond donors (Lipinski definition) is 1. The lowest BCUT2D eigenvalue weighted by Gasteiger charge is -2.46. The lowest BCUT2D eigenvalue weighted by atomic mass is 9.71. The Morgan fingerprint density at radius 1 is 1.09 bits per heavy atom. The molecule has 0 radical (unpaired) electrons. The van der Waals surface area contributed by atoms with Crippen molar-refractivity contribution in [1.82, 2.24) is 9.80 Å². The monoisotopic (exact) mass is 472 g/mol. The molecule has 1 spiro atoms. The molecule has 2 aliphatic heterocycles. The second kappa shape index (κ2) is 10.1. The number of furan rings is 1. The van der Waals surface area contributed by atoms with Gasteiger partial charge in [0.05, 0.1) is 11.4 Å². The Bertz CT molecular complexity index is 893. The molecule has 2 aromatic rings. The van der Waals surface area contributed by atoms with Gasteiger partial charge in [-0.2, -0.15) is 13.2 Å². The van der Waals surface area contributed by atoms with Crippen LogP contribution >= 0.6 is 11.3 Å². The molecule has 4 heterocycles. The fraction of sp³-hybridized carbons (Fsp3) is 0.545. The van der Waals surface area contributed by atoms with Gasteiger partial charge in [-0.25, -0.2) is 4.79 Å². The smallest absolute Gasteiger partial charge is 0.475 e. The van der Waals surface area contributed by atoms with E-state index >= 15 is 0 Å². The summed E-state index contributed by atoms with van der Waals surface area (Å²) in [6.45, 7) is 7.02. The molecule has 0 saturated carbocycles. The number of carboxylic acid groups (broad SMARTS) is 1. The van der Waals surface area contributed by atoms with Crippen molar-refractivity contribution in [1.29, 1.82) is 0 Å². The molecular formula is C22H27F3N2O4S. The quantitative estimate of drug-likeness (QED) is 0.695. The predicted octanol–water partition coefficient (Wildman–Crippen LogP) is 4.80. The Morgan fingerprint density at radius 3 is 2.16 bits per heavy atom. The van der Waals surface area contributed by atoms with Crippen molar-refractivity contribution in [2.75, 3.05) is 26.2 Å². The van der Waals surface area contributed by atoms with Crippen LogP contribution in [0.2, 0.25) is 0 Å². The molecule has 0 bridgehead atoms. The number of aryl methyl sites for hydroxylation is 1. The molecule has 4 rings (SSSR count). The molecular weight excluding hydrogens is 445 g/mol. The van der Waals surface area contributed by atoms with E-state index in [1.54, 1.807) is 11.3 Å². The second-order valence-corrected chi connectivity index (χ2v) is 9.31. The number of nitrogens with zero attached hydrogens (tertiary/aromatic N) is 2. The maximum atomic E-state index is 12.5. The molecule has 2 aliphatic rings. The average Bonchev–Trinajstić information content (AvgIpc) is 3.42. The van der Waals surface area contributed by atoms with Gasteiger partial charge in [0, 0.05) is 13.1 Å². The number of carbonyl (C=O) groups excluding carboxylic acids is 1. The number of halogens is 3. The molecule has 0 atom stereocenters. The first-order valence-corrected chi connectivity index (χ1v) is 11.4. The van der Waals surface area contributed by atoms with E-state index in [0.29, 0.717) is 5.41 Å². The second-order valence-electron chi connectivity index (χ2n) is 8.36. The van der Waals surface area contributed by atoms with Crippen LogP contribution < -0.4 is 0 Å². The van der Waals surface area contributed by atoms with Crippen LogP contribution in [0.1, 0.15) is 46.9 Å². The van der Waals surface area contributed by atoms with Crippen LogP contribution in [0.25, 0.3) is 0 Å². The minimum Gasteiger partial charge on any atom is -0.475 e. The lowest BCUT2D eigenvalue weighted by Crippen LogP contribution is -2.48. The number of rotatable bonds is 3. The highest BCUT2D eigenvalue weighted by Crippen LogP contribution is 2.41. The Kier molecular flexibility index (Phi) is 7.66. The summed E-state index contributed by atoms with van der Waals surface area (Å²) in [4.78, 5) is 26.8. The first-order valence-electron chi connectivity index (χ1n) is 10.5. The maximum absolute atomic E-state index is 12.5. The van der Waals surface area contributed by atoms with E-state index < -0.39 is 12.1 Å². The van der Waals surface area contributed by atoms with E-state index in [0.717, 1.165) is 62.0 Å². The molecule has 2 aromatic heterocycles. The van der Waals surface area contributed by atoms with Gasteiger partial charge in [-0.15, -0.1) is 11.3 Å². The number of likely N-dealkylation sites (tertiary alicyclic amines) is 2. The average molecular weight is 473 g/mol. The highest BCUT2D eigenvalue weighted by molar-refractivity contribution is 7.12. The molecule has 32 heavy (non-hydrogen) atoms. The summed E-state index contributed by atoms with van der Waals surface area (Å²) < 4.78 is 37.5. The van der Waals surface area contributed by atoms with Gasteiger partial charge in [0.1, 0.15) is 11.5 Å². The standard InChI is InChI=1S/C20H26N2O2S.C2HF3O2/c1-16-4-5-17(24-16)15-21-10-6-20(7-11-21)8-12-22(13-9-20)19(23)18-3-2-14-25-18;3-2(4,5)1(6)7/h2-5,14H,6-13,15H2,1H3;(H,6,7). The number of piperidine rings is 2. The fourth-order valence-corrected chi connectivity index (χ4v) is 4.91. The molecule has 1 N–H and O–H groups in total. The third kappa shape index (κ3) is 6.35. The molecule has 10 heteroatoms. The van der Waals surface area contributed by atoms with Gasteiger partial charge >= 0.3 is 12.1 Å². The first kappa shape index (κ1) is 24.3. The number of carbonyl (C=O) groups is 2. The van der Waals surface area contributed by atoms with Crippen molar-refractivity contribution in [2.45, 2.75) is 45.3 Å². The topological polar surface area (TPSA) is 74.0 Å². The minimum absolute atomic E-state index is 0.218. The number of amides is 1. The normalized spacial score (nSPS) is 18.8. The molecule has 0 aromatic carbocycles. The van der Waals surface area contributed by atoms with Crippen LogP contribution in [-0.4, -0.2) is 59.1 Å². The molecule has 176 valence electrons. The van der Waals surface area contributed by atoms with Crippen LogP contribution in [0, 0.1) is 12.3 Å². The van der Waals surface area contributed by atoms with Crippen LogP contribution in [-0.2, 0) is 11.3 Å². The van der Waals surface area contributed by atoms with Crippen LogP contribution in [0.3, 0.4) is 0 Å². The van der Waals surface area contributed by atoms with E-state index in [4.69, 9.17) is 14.3 Å². The van der Waals surface area contributed by atoms with E-state index in [1.807, 2.05) is 30.5 Å². The summed E-state index contributed by atoms with van der Waals surface area (Å²) in [6, 6.07) is 8.03. The highest BCUT2D eigenvalue weighted by Gasteiger charge is 2.39. The van der Waals surface area contributed by atoms with E-state index in [2.05, 4.69) is 15.9 Å². The van der Waals surface area contributed by atoms with Gasteiger partial charge in [0.25, 0.3) is 5.91 Å². The summed E-state index contributed by atoms with van der Waals surface area (Å²) in [5.74, 6) is -0.473. The molecule has 6 nitrogen and oxygen atoms in total. The number of hydrogen-bond acceptors (Lipinski definition) is 5. The third-order valence-electron chi connectivity index (χ3n) is 6.18. The van der Waals surface area contributed by atoms with Gasteiger partial charge in [-0.05, 0) is 74.7 Å². The van der Waals surface area contributed by atoms with Crippen LogP contribution in [0.15, 0.2) is 34.1 Å². The molecule has 2 saturated heterocycles. The van der Waals surface area contributed by atoms with Gasteiger partial charge in [0.2, 0.25) is 0 Å². The van der Waals surface area contributed by atoms with Crippen molar-refractivity contribution >= 4 is 23.2 Å². The highest BCUT2D eigenvalue weighted by atomic mass is 32.1. The van der Waals surface area contributed by atoms with Crippen molar-refractivity contribution in [3.63, 3.8) is 0 Å². The Morgan fingerprint density at radius 2 is 1.69 bits per heavy atom. The molecule has 2 fully saturated rings. The third-order valence-corrected chi connectivity index (χ3v) is 7.04.